The lowest BCUT2D eigenvalue weighted by Crippen LogP contribution is -1.99. The Balaban J connectivity index is 2.29. The number of carboxylic acids is 1. The number of aromatic nitrogens is 3. The molecule has 0 amide bonds. The smallest absolute Gasteiger partial charge is 0.337 e. The average Bonchev–Trinajstić information content (AvgIpc) is 2.79. The Morgan fingerprint density at radius 1 is 1.61 bits per heavy atom. The molecule has 0 unspecified atom stereocenters. The van der Waals surface area contributed by atoms with E-state index < -0.39 is 5.97 Å². The molecule has 0 aliphatic rings. The highest BCUT2D eigenvalue weighted by Gasteiger charge is 2.15. The maximum Gasteiger partial charge on any atom is 0.337 e. The maximum absolute atomic E-state index is 10.9. The lowest BCUT2D eigenvalue weighted by molar-refractivity contribution is 0.0696. The molecule has 0 saturated heterocycles. The SMILES string of the molecule is CCc1nsc(Sc2nccc(C(=O)O)c2Cl)n1. The van der Waals surface area contributed by atoms with E-state index in [0.29, 0.717) is 9.37 Å². The van der Waals surface area contributed by atoms with E-state index in [1.165, 1.54) is 35.6 Å². The Morgan fingerprint density at radius 3 is 3.00 bits per heavy atom. The van der Waals surface area contributed by atoms with Crippen molar-refractivity contribution in [3.63, 3.8) is 0 Å². The third-order valence-electron chi connectivity index (χ3n) is 2.04. The van der Waals surface area contributed by atoms with Crippen LogP contribution in [-0.4, -0.2) is 25.4 Å². The van der Waals surface area contributed by atoms with E-state index in [-0.39, 0.29) is 10.6 Å². The minimum Gasteiger partial charge on any atom is -0.478 e. The number of aromatic carboxylic acids is 1. The molecule has 8 heteroatoms. The first kappa shape index (κ1) is 13.3. The first-order valence-electron chi connectivity index (χ1n) is 5.00. The quantitative estimate of drug-likeness (QED) is 0.935. The summed E-state index contributed by atoms with van der Waals surface area (Å²) < 4.78 is 4.84. The molecule has 0 atom stereocenters. The van der Waals surface area contributed by atoms with Crippen LogP contribution in [0.1, 0.15) is 23.1 Å². The van der Waals surface area contributed by atoms with E-state index in [2.05, 4.69) is 14.3 Å². The molecule has 18 heavy (non-hydrogen) atoms. The number of halogens is 1. The van der Waals surface area contributed by atoms with Gasteiger partial charge in [-0.1, -0.05) is 18.5 Å². The summed E-state index contributed by atoms with van der Waals surface area (Å²) >= 11 is 8.45. The Morgan fingerprint density at radius 2 is 2.39 bits per heavy atom. The number of rotatable bonds is 4. The van der Waals surface area contributed by atoms with E-state index in [4.69, 9.17) is 16.7 Å². The van der Waals surface area contributed by atoms with Gasteiger partial charge in [0.2, 0.25) is 0 Å². The van der Waals surface area contributed by atoms with Gasteiger partial charge >= 0.3 is 5.97 Å². The summed E-state index contributed by atoms with van der Waals surface area (Å²) in [6.07, 6.45) is 2.17. The molecule has 94 valence electrons. The summed E-state index contributed by atoms with van der Waals surface area (Å²) in [5, 5.41) is 9.51. The summed E-state index contributed by atoms with van der Waals surface area (Å²) in [6.45, 7) is 1.97. The molecule has 0 radical (unpaired) electrons. The van der Waals surface area contributed by atoms with Crippen molar-refractivity contribution in [2.24, 2.45) is 0 Å². The zero-order chi connectivity index (χ0) is 13.1. The molecule has 0 spiro atoms. The number of pyridine rings is 1. The molecule has 0 aromatic carbocycles. The number of nitrogens with zero attached hydrogens (tertiary/aromatic N) is 3. The number of carboxylic acid groups (broad SMARTS) is 1. The molecule has 0 bridgehead atoms. The largest absolute Gasteiger partial charge is 0.478 e. The van der Waals surface area contributed by atoms with Crippen LogP contribution in [0.4, 0.5) is 0 Å². The molecular weight excluding hydrogens is 294 g/mol. The summed E-state index contributed by atoms with van der Waals surface area (Å²) in [6, 6.07) is 1.37. The first-order chi connectivity index (χ1) is 8.61. The second-order valence-corrected chi connectivity index (χ2v) is 5.58. The molecule has 2 heterocycles. The topological polar surface area (TPSA) is 76.0 Å². The van der Waals surface area contributed by atoms with Gasteiger partial charge < -0.3 is 5.11 Å². The molecule has 2 rings (SSSR count). The van der Waals surface area contributed by atoms with Gasteiger partial charge in [-0.3, -0.25) is 0 Å². The number of aryl methyl sites for hydroxylation is 1. The fraction of sp³-hybridized carbons (Fsp3) is 0.200. The number of hydrogen-bond acceptors (Lipinski definition) is 6. The second kappa shape index (κ2) is 5.64. The lowest BCUT2D eigenvalue weighted by Gasteiger charge is -2.02. The normalized spacial score (nSPS) is 10.6. The van der Waals surface area contributed by atoms with Gasteiger partial charge in [0.15, 0.2) is 4.34 Å². The zero-order valence-corrected chi connectivity index (χ0v) is 11.6. The molecule has 0 aliphatic heterocycles. The average molecular weight is 302 g/mol. The van der Waals surface area contributed by atoms with Gasteiger partial charge in [-0.15, -0.1) is 0 Å². The minimum atomic E-state index is -1.07. The molecule has 0 saturated carbocycles. The zero-order valence-electron chi connectivity index (χ0n) is 9.25. The summed E-state index contributed by atoms with van der Waals surface area (Å²) in [7, 11) is 0. The minimum absolute atomic E-state index is 0.0365. The molecular formula is C10H8ClN3O2S2. The Hall–Kier alpha value is -1.18. The van der Waals surface area contributed by atoms with Gasteiger partial charge in [0, 0.05) is 12.6 Å². The van der Waals surface area contributed by atoms with Crippen LogP contribution in [0.15, 0.2) is 21.6 Å². The van der Waals surface area contributed by atoms with Crippen molar-refractivity contribution in [3.8, 4) is 0 Å². The van der Waals surface area contributed by atoms with E-state index >= 15 is 0 Å². The van der Waals surface area contributed by atoms with Crippen LogP contribution in [0.25, 0.3) is 0 Å². The van der Waals surface area contributed by atoms with Crippen LogP contribution in [0.2, 0.25) is 5.02 Å². The predicted molar refractivity (Wildman–Crippen MR) is 69.6 cm³/mol. The highest BCUT2D eigenvalue weighted by Crippen LogP contribution is 2.34. The second-order valence-electron chi connectivity index (χ2n) is 3.21. The Bertz CT molecular complexity index is 588. The van der Waals surface area contributed by atoms with Gasteiger partial charge in [-0.2, -0.15) is 4.37 Å². The van der Waals surface area contributed by atoms with Crippen molar-refractivity contribution < 1.29 is 9.90 Å². The third-order valence-corrected chi connectivity index (χ3v) is 4.32. The highest BCUT2D eigenvalue weighted by molar-refractivity contribution is 8.01. The van der Waals surface area contributed by atoms with Gasteiger partial charge in [0.1, 0.15) is 10.9 Å². The molecule has 0 aliphatic carbocycles. The van der Waals surface area contributed by atoms with Crippen LogP contribution in [0.3, 0.4) is 0 Å². The van der Waals surface area contributed by atoms with Gasteiger partial charge in [-0.05, 0) is 29.4 Å². The van der Waals surface area contributed by atoms with Crippen LogP contribution in [0, 0.1) is 0 Å². The Kier molecular flexibility index (Phi) is 4.15. The van der Waals surface area contributed by atoms with Crippen molar-refractivity contribution in [3.05, 3.63) is 28.7 Å². The molecule has 5 nitrogen and oxygen atoms in total. The lowest BCUT2D eigenvalue weighted by atomic mass is 10.3. The molecule has 1 N–H and O–H groups in total. The summed E-state index contributed by atoms with van der Waals surface area (Å²) in [5.41, 5.74) is 0.0365. The Labute approximate surface area is 116 Å². The van der Waals surface area contributed by atoms with Gasteiger partial charge in [0.05, 0.1) is 10.6 Å². The van der Waals surface area contributed by atoms with Crippen molar-refractivity contribution in [1.29, 1.82) is 0 Å². The fourth-order valence-corrected chi connectivity index (χ4v) is 3.10. The van der Waals surface area contributed by atoms with E-state index in [0.717, 1.165) is 12.2 Å². The number of carbonyl (C=O) groups is 1. The maximum atomic E-state index is 10.9. The molecule has 2 aromatic rings. The van der Waals surface area contributed by atoms with Gasteiger partial charge in [-0.25, -0.2) is 14.8 Å². The molecule has 2 aromatic heterocycles. The molecule has 0 fully saturated rings. The van der Waals surface area contributed by atoms with Crippen molar-refractivity contribution in [1.82, 2.24) is 14.3 Å². The van der Waals surface area contributed by atoms with Crippen LogP contribution in [-0.2, 0) is 6.42 Å². The van der Waals surface area contributed by atoms with Crippen molar-refractivity contribution in [2.45, 2.75) is 22.7 Å². The van der Waals surface area contributed by atoms with Crippen molar-refractivity contribution in [2.75, 3.05) is 0 Å². The van der Waals surface area contributed by atoms with Crippen LogP contribution < -0.4 is 0 Å². The fourth-order valence-electron chi connectivity index (χ4n) is 1.17. The standard InChI is InChI=1S/C10H8ClN3O2S2/c1-2-6-13-10(18-14-6)17-8-7(11)5(9(15)16)3-4-12-8/h3-4H,2H2,1H3,(H,15,16). The number of hydrogen-bond donors (Lipinski definition) is 1. The van der Waals surface area contributed by atoms with E-state index in [1.54, 1.807) is 0 Å². The van der Waals surface area contributed by atoms with Gasteiger partial charge in [0.25, 0.3) is 0 Å². The predicted octanol–water partition coefficient (Wildman–Crippen LogP) is 3.00. The third kappa shape index (κ3) is 2.80. The highest BCUT2D eigenvalue weighted by atomic mass is 35.5. The summed E-state index contributed by atoms with van der Waals surface area (Å²) in [5.74, 6) is -0.316. The first-order valence-corrected chi connectivity index (χ1v) is 6.96. The summed E-state index contributed by atoms with van der Waals surface area (Å²) in [4.78, 5) is 19.3. The van der Waals surface area contributed by atoms with Crippen LogP contribution in [0.5, 0.6) is 0 Å². The van der Waals surface area contributed by atoms with E-state index in [9.17, 15) is 4.79 Å². The van der Waals surface area contributed by atoms with Crippen LogP contribution >= 0.6 is 34.9 Å². The van der Waals surface area contributed by atoms with Crippen molar-refractivity contribution >= 4 is 40.9 Å². The van der Waals surface area contributed by atoms with E-state index in [1.807, 2.05) is 6.92 Å². The monoisotopic (exact) mass is 301 g/mol.